The number of fused-ring (bicyclic) bond motifs is 1. The molecule has 8 heteroatoms. The van der Waals surface area contributed by atoms with Crippen LogP contribution in [0.1, 0.15) is 77.6 Å². The molecule has 8 nitrogen and oxygen atoms in total. The van der Waals surface area contributed by atoms with Crippen LogP contribution in [-0.4, -0.2) is 58.8 Å². The minimum Gasteiger partial charge on any atom is -0.339 e. The normalized spacial score (nSPS) is 25.2. The molecule has 4 aliphatic rings. The molecule has 174 valence electrons. The number of aldehydes is 1. The van der Waals surface area contributed by atoms with Crippen molar-refractivity contribution in [3.8, 4) is 0 Å². The van der Waals surface area contributed by atoms with E-state index in [-0.39, 0.29) is 35.5 Å². The smallest absolute Gasteiger partial charge is 0.255 e. The molecule has 1 aromatic rings. The number of hydrogen-bond acceptors (Lipinski definition) is 5. The SMILES string of the molecule is O=CC1CCC2(CC1)CCN(C(=O)c1ccc3c(c1)C(=O)N(C1CCC(=O)NC1=O)C3)CC2. The molecular formula is C25H29N3O5. The summed E-state index contributed by atoms with van der Waals surface area (Å²) in [5.41, 5.74) is 2.01. The van der Waals surface area contributed by atoms with Crippen molar-refractivity contribution >= 4 is 29.9 Å². The zero-order valence-corrected chi connectivity index (χ0v) is 18.7. The molecule has 2 saturated heterocycles. The molecule has 1 N–H and O–H groups in total. The van der Waals surface area contributed by atoms with Crippen LogP contribution in [0.4, 0.5) is 0 Å². The third kappa shape index (κ3) is 3.96. The zero-order chi connectivity index (χ0) is 23.2. The average molecular weight is 452 g/mol. The molecule has 3 heterocycles. The molecule has 1 aliphatic carbocycles. The van der Waals surface area contributed by atoms with Crippen LogP contribution in [-0.2, 0) is 20.9 Å². The number of benzene rings is 1. The number of hydrogen-bond donors (Lipinski definition) is 1. The van der Waals surface area contributed by atoms with E-state index in [2.05, 4.69) is 5.32 Å². The van der Waals surface area contributed by atoms with Crippen molar-refractivity contribution in [1.29, 1.82) is 0 Å². The van der Waals surface area contributed by atoms with Gasteiger partial charge in [0, 0.05) is 43.1 Å². The van der Waals surface area contributed by atoms with Crippen molar-refractivity contribution in [2.75, 3.05) is 13.1 Å². The molecular weight excluding hydrogens is 422 g/mol. The van der Waals surface area contributed by atoms with Crippen molar-refractivity contribution in [2.24, 2.45) is 11.3 Å². The van der Waals surface area contributed by atoms with Crippen molar-refractivity contribution in [1.82, 2.24) is 15.1 Å². The van der Waals surface area contributed by atoms with E-state index in [1.54, 1.807) is 18.2 Å². The fraction of sp³-hybridized carbons (Fsp3) is 0.560. The Balaban J connectivity index is 1.24. The number of nitrogens with zero attached hydrogens (tertiary/aromatic N) is 2. The van der Waals surface area contributed by atoms with Crippen LogP contribution in [0.3, 0.4) is 0 Å². The van der Waals surface area contributed by atoms with Gasteiger partial charge in [-0.1, -0.05) is 6.07 Å². The molecule has 1 spiro atoms. The minimum atomic E-state index is -0.658. The second kappa shape index (κ2) is 8.39. The molecule has 1 aromatic carbocycles. The Morgan fingerprint density at radius 1 is 1.03 bits per heavy atom. The fourth-order valence-corrected chi connectivity index (χ4v) is 5.94. The topological polar surface area (TPSA) is 104 Å². The van der Waals surface area contributed by atoms with Gasteiger partial charge in [0.1, 0.15) is 12.3 Å². The number of carbonyl (C=O) groups is 5. The van der Waals surface area contributed by atoms with Gasteiger partial charge in [-0.25, -0.2) is 0 Å². The van der Waals surface area contributed by atoms with Crippen molar-refractivity contribution < 1.29 is 24.0 Å². The van der Waals surface area contributed by atoms with E-state index in [0.717, 1.165) is 50.4 Å². The minimum absolute atomic E-state index is 0.0681. The number of carbonyl (C=O) groups excluding carboxylic acids is 5. The maximum atomic E-state index is 13.2. The van der Waals surface area contributed by atoms with Crippen molar-refractivity contribution in [2.45, 2.75) is 64.0 Å². The highest BCUT2D eigenvalue weighted by Crippen LogP contribution is 2.46. The molecule has 3 fully saturated rings. The first-order valence-electron chi connectivity index (χ1n) is 11.9. The zero-order valence-electron chi connectivity index (χ0n) is 18.7. The van der Waals surface area contributed by atoms with Crippen LogP contribution in [0.15, 0.2) is 18.2 Å². The second-order valence-electron chi connectivity index (χ2n) is 10.0. The molecule has 5 rings (SSSR count). The van der Waals surface area contributed by atoms with Crippen LogP contribution in [0.5, 0.6) is 0 Å². The van der Waals surface area contributed by atoms with Crippen molar-refractivity contribution in [3.05, 3.63) is 34.9 Å². The van der Waals surface area contributed by atoms with Crippen molar-refractivity contribution in [3.63, 3.8) is 0 Å². The van der Waals surface area contributed by atoms with Gasteiger partial charge in [0.15, 0.2) is 0 Å². The van der Waals surface area contributed by atoms with E-state index in [1.165, 1.54) is 4.90 Å². The summed E-state index contributed by atoms with van der Waals surface area (Å²) < 4.78 is 0. The van der Waals surface area contributed by atoms with Gasteiger partial charge in [-0.05, 0) is 68.1 Å². The van der Waals surface area contributed by atoms with Crippen LogP contribution >= 0.6 is 0 Å². The summed E-state index contributed by atoms with van der Waals surface area (Å²) in [5.74, 6) is -0.888. The highest BCUT2D eigenvalue weighted by atomic mass is 16.2. The average Bonchev–Trinajstić information content (AvgIpc) is 3.15. The molecule has 33 heavy (non-hydrogen) atoms. The molecule has 1 atom stereocenters. The Labute approximate surface area is 192 Å². The third-order valence-corrected chi connectivity index (χ3v) is 8.17. The van der Waals surface area contributed by atoms with E-state index < -0.39 is 11.9 Å². The first-order valence-corrected chi connectivity index (χ1v) is 11.9. The van der Waals surface area contributed by atoms with Crippen LogP contribution in [0.2, 0.25) is 0 Å². The summed E-state index contributed by atoms with van der Waals surface area (Å²) in [5, 5.41) is 2.31. The van der Waals surface area contributed by atoms with Crippen LogP contribution in [0, 0.1) is 11.3 Å². The third-order valence-electron chi connectivity index (χ3n) is 8.17. The lowest BCUT2D eigenvalue weighted by Crippen LogP contribution is -2.52. The predicted molar refractivity (Wildman–Crippen MR) is 118 cm³/mol. The number of rotatable bonds is 3. The van der Waals surface area contributed by atoms with E-state index in [9.17, 15) is 24.0 Å². The predicted octanol–water partition coefficient (Wildman–Crippen LogP) is 2.06. The van der Waals surface area contributed by atoms with Gasteiger partial charge in [0.2, 0.25) is 11.8 Å². The number of imide groups is 1. The fourth-order valence-electron chi connectivity index (χ4n) is 5.94. The number of piperidine rings is 2. The van der Waals surface area contributed by atoms with Gasteiger partial charge < -0.3 is 14.6 Å². The standard InChI is InChI=1S/C25H29N3O5/c29-15-16-5-7-25(8-6-16)9-11-27(12-10-25)23(32)17-1-2-18-14-28(24(33)19(18)13-17)20-3-4-21(30)26-22(20)31/h1-2,13,15-16,20H,3-12,14H2,(H,26,30,31). The lowest BCUT2D eigenvalue weighted by Gasteiger charge is -2.45. The Kier molecular flexibility index (Phi) is 5.54. The van der Waals surface area contributed by atoms with Gasteiger partial charge in [0.05, 0.1) is 0 Å². The second-order valence-corrected chi connectivity index (χ2v) is 10.0. The lowest BCUT2D eigenvalue weighted by molar-refractivity contribution is -0.137. The van der Waals surface area contributed by atoms with E-state index in [1.807, 2.05) is 4.90 Å². The first kappa shape index (κ1) is 21.8. The monoisotopic (exact) mass is 451 g/mol. The molecule has 3 aliphatic heterocycles. The van der Waals surface area contributed by atoms with E-state index in [0.29, 0.717) is 37.2 Å². The quantitative estimate of drug-likeness (QED) is 0.560. The molecule has 1 saturated carbocycles. The summed E-state index contributed by atoms with van der Waals surface area (Å²) in [6.07, 6.45) is 7.55. The lowest BCUT2D eigenvalue weighted by atomic mass is 9.65. The van der Waals surface area contributed by atoms with E-state index >= 15 is 0 Å². The molecule has 4 amide bonds. The molecule has 0 bridgehead atoms. The summed E-state index contributed by atoms with van der Waals surface area (Å²) in [7, 11) is 0. The van der Waals surface area contributed by atoms with Crippen LogP contribution < -0.4 is 5.32 Å². The highest BCUT2D eigenvalue weighted by Gasteiger charge is 2.41. The van der Waals surface area contributed by atoms with Crippen LogP contribution in [0.25, 0.3) is 0 Å². The Morgan fingerprint density at radius 3 is 2.42 bits per heavy atom. The summed E-state index contributed by atoms with van der Waals surface area (Å²) >= 11 is 0. The van der Waals surface area contributed by atoms with Gasteiger partial charge in [-0.15, -0.1) is 0 Å². The Morgan fingerprint density at radius 2 is 1.76 bits per heavy atom. The number of likely N-dealkylation sites (tertiary alicyclic amines) is 1. The highest BCUT2D eigenvalue weighted by molar-refractivity contribution is 6.06. The van der Waals surface area contributed by atoms with Gasteiger partial charge in [-0.2, -0.15) is 0 Å². The Hall–Kier alpha value is -3.03. The largest absolute Gasteiger partial charge is 0.339 e. The molecule has 0 radical (unpaired) electrons. The molecule has 0 aromatic heterocycles. The van der Waals surface area contributed by atoms with Gasteiger partial charge in [0.25, 0.3) is 11.8 Å². The van der Waals surface area contributed by atoms with E-state index in [4.69, 9.17) is 0 Å². The Bertz CT molecular complexity index is 1020. The summed E-state index contributed by atoms with van der Waals surface area (Å²) in [4.78, 5) is 64.3. The maximum absolute atomic E-state index is 13.2. The number of amides is 4. The number of nitrogens with one attached hydrogen (secondary N) is 1. The summed E-state index contributed by atoms with van der Waals surface area (Å²) in [6.45, 7) is 1.69. The van der Waals surface area contributed by atoms with Gasteiger partial charge >= 0.3 is 0 Å². The maximum Gasteiger partial charge on any atom is 0.255 e. The molecule has 1 unspecified atom stereocenters. The summed E-state index contributed by atoms with van der Waals surface area (Å²) in [6, 6.07) is 4.57. The first-order chi connectivity index (χ1) is 15.9. The van der Waals surface area contributed by atoms with Gasteiger partial charge in [-0.3, -0.25) is 24.5 Å².